The van der Waals surface area contributed by atoms with Gasteiger partial charge in [0.15, 0.2) is 0 Å². The van der Waals surface area contributed by atoms with Crippen LogP contribution in [0.1, 0.15) is 13.8 Å². The fourth-order valence-electron chi connectivity index (χ4n) is 0. The van der Waals surface area contributed by atoms with E-state index in [1.54, 1.807) is 13.8 Å². The van der Waals surface area contributed by atoms with Crippen LogP contribution in [0, 0.1) is 0 Å². The van der Waals surface area contributed by atoms with Gasteiger partial charge in [-0.1, -0.05) is 5.16 Å². The molecule has 0 bridgehead atoms. The van der Waals surface area contributed by atoms with Gasteiger partial charge in [-0.2, -0.15) is 0 Å². The van der Waals surface area contributed by atoms with Crippen LogP contribution < -0.4 is 0 Å². The van der Waals surface area contributed by atoms with Crippen LogP contribution in [-0.4, -0.2) is 20.7 Å². The van der Waals surface area contributed by atoms with E-state index in [1.165, 1.54) is 0 Å². The summed E-state index contributed by atoms with van der Waals surface area (Å²) in [5.74, 6) is 0. The summed E-state index contributed by atoms with van der Waals surface area (Å²) in [6.45, 7) is 3.44. The van der Waals surface area contributed by atoms with E-state index in [1.807, 2.05) is 0 Å². The molecule has 0 aromatic rings. The molecule has 6 heteroatoms. The minimum Gasteiger partial charge on any atom is -0.411 e. The van der Waals surface area contributed by atoms with Gasteiger partial charge in [0.2, 0.25) is 0 Å². The number of hydrogen-bond acceptors (Lipinski definition) is 3. The normalized spacial score (nSPS) is 7.67. The highest BCUT2D eigenvalue weighted by atomic mass is 31.1. The van der Waals surface area contributed by atoms with Gasteiger partial charge in [-0.25, -0.2) is 0 Å². The van der Waals surface area contributed by atoms with Crippen LogP contribution >= 0.6 is 8.25 Å². The zero-order valence-electron chi connectivity index (χ0n) is 5.20. The van der Waals surface area contributed by atoms with Crippen molar-refractivity contribution in [2.75, 3.05) is 0 Å². The van der Waals surface area contributed by atoms with Crippen molar-refractivity contribution in [3.63, 3.8) is 0 Å². The average Bonchev–Trinajstić information content (AvgIpc) is 1.65. The quantitative estimate of drug-likeness (QED) is 0.202. The monoisotopic (exact) mass is 155 g/mol. The summed E-state index contributed by atoms with van der Waals surface area (Å²) in [5, 5.41) is 10.5. The highest BCUT2D eigenvalue weighted by Gasteiger charge is 1.65. The summed E-state index contributed by atoms with van der Waals surface area (Å²) in [6.07, 6.45) is 0. The van der Waals surface area contributed by atoms with Crippen LogP contribution in [0.2, 0.25) is 0 Å². The van der Waals surface area contributed by atoms with Gasteiger partial charge in [0.1, 0.15) is 0 Å². The van der Waals surface area contributed by atoms with Crippen LogP contribution in [0.5, 0.6) is 0 Å². The third-order valence-corrected chi connectivity index (χ3v) is 0.200. The molecule has 0 spiro atoms. The zero-order valence-corrected chi connectivity index (χ0v) is 6.20. The number of hydrogen-bond donors (Lipinski definition) is 3. The molecule has 0 aromatic heterocycles. The van der Waals surface area contributed by atoms with E-state index >= 15 is 0 Å². The molecule has 0 unspecified atom stereocenters. The maximum Gasteiger partial charge on any atom is 0.314 e. The molecule has 0 saturated carbocycles. The van der Waals surface area contributed by atoms with Crippen molar-refractivity contribution in [1.82, 2.24) is 0 Å². The fourth-order valence-corrected chi connectivity index (χ4v) is 0. The van der Waals surface area contributed by atoms with Gasteiger partial charge in [-0.15, -0.1) is 0 Å². The van der Waals surface area contributed by atoms with Gasteiger partial charge in [0.25, 0.3) is 0 Å². The van der Waals surface area contributed by atoms with E-state index in [4.69, 9.17) is 19.6 Å². The average molecular weight is 155 g/mol. The minimum absolute atomic E-state index is 0.685. The number of nitrogens with zero attached hydrogens (tertiary/aromatic N) is 1. The molecule has 0 saturated heterocycles. The van der Waals surface area contributed by atoms with E-state index < -0.39 is 8.25 Å². The van der Waals surface area contributed by atoms with Crippen LogP contribution in [0.25, 0.3) is 0 Å². The lowest BCUT2D eigenvalue weighted by Gasteiger charge is -1.72. The second-order valence-corrected chi connectivity index (χ2v) is 1.89. The van der Waals surface area contributed by atoms with Gasteiger partial charge in [-0.05, 0) is 13.8 Å². The molecule has 56 valence electrons. The lowest BCUT2D eigenvalue weighted by atomic mass is 10.5. The molecule has 0 aromatic carbocycles. The third kappa shape index (κ3) is 91.7. The molecule has 9 heavy (non-hydrogen) atoms. The molecule has 0 amide bonds. The van der Waals surface area contributed by atoms with E-state index in [2.05, 4.69) is 5.16 Å². The van der Waals surface area contributed by atoms with Crippen molar-refractivity contribution in [3.8, 4) is 0 Å². The predicted molar refractivity (Wildman–Crippen MR) is 34.0 cm³/mol. The van der Waals surface area contributed by atoms with Crippen molar-refractivity contribution in [2.45, 2.75) is 13.8 Å². The smallest absolute Gasteiger partial charge is 0.314 e. The Balaban J connectivity index is 0. The lowest BCUT2D eigenvalue weighted by Crippen LogP contribution is -1.74. The first-order chi connectivity index (χ1) is 4.00. The van der Waals surface area contributed by atoms with E-state index in [0.29, 0.717) is 5.71 Å². The van der Waals surface area contributed by atoms with Crippen molar-refractivity contribution >= 4 is 14.0 Å². The van der Waals surface area contributed by atoms with Gasteiger partial charge in [-0.3, -0.25) is 4.57 Å². The molecule has 5 nitrogen and oxygen atoms in total. The molecule has 0 atom stereocenters. The first-order valence-corrected chi connectivity index (χ1v) is 3.38. The molecule has 0 heterocycles. The Bertz CT molecular complexity index is 104. The highest BCUT2D eigenvalue weighted by Crippen LogP contribution is 1.98. The largest absolute Gasteiger partial charge is 0.411 e. The highest BCUT2D eigenvalue weighted by molar-refractivity contribution is 7.30. The number of oxime groups is 1. The first-order valence-electron chi connectivity index (χ1n) is 2.07. The fraction of sp³-hybridized carbons (Fsp3) is 0.667. The van der Waals surface area contributed by atoms with Crippen LogP contribution in [0.15, 0.2) is 5.16 Å². The summed E-state index contributed by atoms with van der Waals surface area (Å²) in [4.78, 5) is 14.3. The predicted octanol–water partition coefficient (Wildman–Crippen LogP) is 0.217. The molecule has 3 N–H and O–H groups in total. The molecule has 0 aliphatic carbocycles. The Morgan fingerprint density at radius 2 is 1.56 bits per heavy atom. The molecule has 0 rings (SSSR count). The SMILES string of the molecule is CC(C)=NO.O=[PH](O)O. The minimum atomic E-state index is -3.13. The molecular formula is C3H10NO4P. The molecular weight excluding hydrogens is 145 g/mol. The Kier molecular flexibility index (Phi) is 9.67. The lowest BCUT2D eigenvalue weighted by molar-refractivity contribution is 0.318. The summed E-state index contributed by atoms with van der Waals surface area (Å²) < 4.78 is 8.74. The molecule has 0 radical (unpaired) electrons. The second kappa shape index (κ2) is 7.62. The zero-order chi connectivity index (χ0) is 7.86. The summed E-state index contributed by atoms with van der Waals surface area (Å²) in [6, 6.07) is 0. The topological polar surface area (TPSA) is 90.1 Å². The summed E-state index contributed by atoms with van der Waals surface area (Å²) in [7, 11) is -3.13. The molecule has 0 aliphatic rings. The summed E-state index contributed by atoms with van der Waals surface area (Å²) in [5.41, 5.74) is 0.685. The van der Waals surface area contributed by atoms with Gasteiger partial charge >= 0.3 is 8.25 Å². The third-order valence-electron chi connectivity index (χ3n) is 0.200. The van der Waals surface area contributed by atoms with Crippen LogP contribution in [0.3, 0.4) is 0 Å². The van der Waals surface area contributed by atoms with Crippen molar-refractivity contribution in [1.29, 1.82) is 0 Å². The van der Waals surface area contributed by atoms with E-state index in [-0.39, 0.29) is 0 Å². The molecule has 0 aliphatic heterocycles. The Morgan fingerprint density at radius 1 is 1.44 bits per heavy atom. The molecule has 0 fully saturated rings. The maximum atomic E-state index is 8.74. The van der Waals surface area contributed by atoms with Crippen molar-refractivity contribution < 1.29 is 19.6 Å². The number of rotatable bonds is 0. The van der Waals surface area contributed by atoms with Gasteiger partial charge in [0, 0.05) is 0 Å². The van der Waals surface area contributed by atoms with Crippen molar-refractivity contribution in [2.24, 2.45) is 5.16 Å². The Morgan fingerprint density at radius 3 is 1.56 bits per heavy atom. The Labute approximate surface area is 53.6 Å². The van der Waals surface area contributed by atoms with Crippen LogP contribution in [0.4, 0.5) is 0 Å². The standard InChI is InChI=1S/C3H7NO.H3O3P/c1-3(2)4-5;1-4(2)3/h5H,1-2H3;4H,(H2,1,2,3). The summed E-state index contributed by atoms with van der Waals surface area (Å²) >= 11 is 0. The van der Waals surface area contributed by atoms with Crippen LogP contribution in [-0.2, 0) is 4.57 Å². The van der Waals surface area contributed by atoms with Crippen molar-refractivity contribution in [3.05, 3.63) is 0 Å². The van der Waals surface area contributed by atoms with Gasteiger partial charge in [0.05, 0.1) is 5.71 Å². The van der Waals surface area contributed by atoms with E-state index in [0.717, 1.165) is 0 Å². The maximum absolute atomic E-state index is 8.74. The van der Waals surface area contributed by atoms with Gasteiger partial charge < -0.3 is 15.0 Å². The second-order valence-electron chi connectivity index (χ2n) is 1.33. The first kappa shape index (κ1) is 11.4. The Hall–Kier alpha value is -0.380. The van der Waals surface area contributed by atoms with E-state index in [9.17, 15) is 0 Å².